The van der Waals surface area contributed by atoms with Crippen molar-refractivity contribution >= 4 is 0 Å². The molecule has 0 aromatic heterocycles. The average Bonchev–Trinajstić information content (AvgIpc) is 2.76. The van der Waals surface area contributed by atoms with Crippen molar-refractivity contribution in [2.24, 2.45) is 0 Å². The number of hydrogen-bond acceptors (Lipinski definition) is 2. The summed E-state index contributed by atoms with van der Waals surface area (Å²) < 4.78 is 5.51. The molecule has 0 heterocycles. The van der Waals surface area contributed by atoms with Crippen LogP contribution in [0.5, 0.6) is 0 Å². The summed E-state index contributed by atoms with van der Waals surface area (Å²) in [5.74, 6) is 0. The number of aryl methyl sites for hydroxylation is 2. The third-order valence-corrected chi connectivity index (χ3v) is 3.48. The number of rotatable bonds is 7. The first-order chi connectivity index (χ1) is 8.81. The summed E-state index contributed by atoms with van der Waals surface area (Å²) in [6.45, 7) is 8.33. The molecule has 1 aliphatic rings. The van der Waals surface area contributed by atoms with Crippen LogP contribution in [0.25, 0.3) is 0 Å². The highest BCUT2D eigenvalue weighted by Gasteiger charge is 2.21. The quantitative estimate of drug-likeness (QED) is 0.588. The minimum atomic E-state index is 0.517. The van der Waals surface area contributed by atoms with Crippen molar-refractivity contribution < 1.29 is 4.74 Å². The van der Waals surface area contributed by atoms with Gasteiger partial charge in [0.2, 0.25) is 0 Å². The predicted octanol–water partition coefficient (Wildman–Crippen LogP) is 3.16. The van der Waals surface area contributed by atoms with E-state index in [4.69, 9.17) is 4.74 Å². The Bertz CT molecular complexity index is 400. The fraction of sp³-hybridized carbons (Fsp3) is 0.500. The van der Waals surface area contributed by atoms with Crippen molar-refractivity contribution in [2.45, 2.75) is 32.2 Å². The summed E-state index contributed by atoms with van der Waals surface area (Å²) in [5.41, 5.74) is 4.34. The van der Waals surface area contributed by atoms with Gasteiger partial charge < -0.3 is 10.1 Å². The molecule has 1 N–H and O–H groups in total. The van der Waals surface area contributed by atoms with Gasteiger partial charge in [-0.05, 0) is 37.3 Å². The molecule has 1 aliphatic carbocycles. The lowest BCUT2D eigenvalue weighted by molar-refractivity contribution is 0.138. The molecule has 0 spiro atoms. The number of ether oxygens (including phenoxy) is 1. The Balaban J connectivity index is 1.76. The molecule has 0 fully saturated rings. The van der Waals surface area contributed by atoms with Gasteiger partial charge in [-0.3, -0.25) is 0 Å². The highest BCUT2D eigenvalue weighted by Crippen LogP contribution is 2.31. The van der Waals surface area contributed by atoms with Crippen molar-refractivity contribution in [3.63, 3.8) is 0 Å². The lowest BCUT2D eigenvalue weighted by atomic mass is 10.1. The largest absolute Gasteiger partial charge is 0.380 e. The Labute approximate surface area is 110 Å². The summed E-state index contributed by atoms with van der Waals surface area (Å²) >= 11 is 0. The smallest absolute Gasteiger partial charge is 0.0591 e. The normalized spacial score (nSPS) is 17.7. The van der Waals surface area contributed by atoms with Crippen molar-refractivity contribution in [1.29, 1.82) is 0 Å². The van der Waals surface area contributed by atoms with Crippen LogP contribution in [0.15, 0.2) is 30.9 Å². The van der Waals surface area contributed by atoms with E-state index in [9.17, 15) is 0 Å². The first-order valence-electron chi connectivity index (χ1n) is 6.82. The Morgan fingerprint density at radius 2 is 2.33 bits per heavy atom. The number of fused-ring (bicyclic) bond motifs is 1. The van der Waals surface area contributed by atoms with Crippen molar-refractivity contribution in [3.05, 3.63) is 47.5 Å². The molecule has 1 atom stereocenters. The highest BCUT2D eigenvalue weighted by atomic mass is 16.5. The summed E-state index contributed by atoms with van der Waals surface area (Å²) in [4.78, 5) is 0. The third-order valence-electron chi connectivity index (χ3n) is 3.48. The molecule has 98 valence electrons. The van der Waals surface area contributed by atoms with Gasteiger partial charge in [0, 0.05) is 12.6 Å². The first kappa shape index (κ1) is 13.3. The van der Waals surface area contributed by atoms with Gasteiger partial charge in [0.05, 0.1) is 13.2 Å². The molecular weight excluding hydrogens is 222 g/mol. The second-order valence-electron chi connectivity index (χ2n) is 4.94. The summed E-state index contributed by atoms with van der Waals surface area (Å²) in [6, 6.07) is 7.31. The molecule has 0 radical (unpaired) electrons. The minimum absolute atomic E-state index is 0.517. The van der Waals surface area contributed by atoms with Crippen molar-refractivity contribution in [1.82, 2.24) is 5.32 Å². The molecule has 1 aromatic rings. The molecule has 2 heteroatoms. The van der Waals surface area contributed by atoms with E-state index in [1.54, 1.807) is 0 Å². The molecule has 0 saturated heterocycles. The lowest BCUT2D eigenvalue weighted by Gasteiger charge is -2.14. The fourth-order valence-electron chi connectivity index (χ4n) is 2.51. The summed E-state index contributed by atoms with van der Waals surface area (Å²) in [5, 5.41) is 3.59. The van der Waals surface area contributed by atoms with E-state index in [2.05, 4.69) is 37.0 Å². The predicted molar refractivity (Wildman–Crippen MR) is 75.9 cm³/mol. The molecule has 1 aromatic carbocycles. The van der Waals surface area contributed by atoms with Gasteiger partial charge in [-0.2, -0.15) is 0 Å². The molecule has 0 amide bonds. The van der Waals surface area contributed by atoms with Gasteiger partial charge in [0.25, 0.3) is 0 Å². The van der Waals surface area contributed by atoms with E-state index in [0.29, 0.717) is 6.04 Å². The van der Waals surface area contributed by atoms with Crippen LogP contribution >= 0.6 is 0 Å². The zero-order chi connectivity index (χ0) is 12.8. The molecule has 1 unspecified atom stereocenters. The molecule has 0 saturated carbocycles. The van der Waals surface area contributed by atoms with Gasteiger partial charge in [-0.1, -0.05) is 29.8 Å². The first-order valence-corrected chi connectivity index (χ1v) is 6.82. The van der Waals surface area contributed by atoms with Crippen molar-refractivity contribution in [2.75, 3.05) is 19.8 Å². The maximum Gasteiger partial charge on any atom is 0.0591 e. The molecular formula is C16H23NO. The molecule has 0 aliphatic heterocycles. The number of benzene rings is 1. The Morgan fingerprint density at radius 1 is 1.44 bits per heavy atom. The molecule has 18 heavy (non-hydrogen) atoms. The van der Waals surface area contributed by atoms with Crippen LogP contribution in [0.3, 0.4) is 0 Å². The van der Waals surface area contributed by atoms with E-state index >= 15 is 0 Å². The van der Waals surface area contributed by atoms with Gasteiger partial charge >= 0.3 is 0 Å². The zero-order valence-electron chi connectivity index (χ0n) is 11.2. The highest BCUT2D eigenvalue weighted by molar-refractivity contribution is 5.37. The lowest BCUT2D eigenvalue weighted by Crippen LogP contribution is -2.24. The summed E-state index contributed by atoms with van der Waals surface area (Å²) in [7, 11) is 0. The van der Waals surface area contributed by atoms with E-state index in [-0.39, 0.29) is 0 Å². The minimum Gasteiger partial charge on any atom is -0.380 e. The number of hydrogen-bond donors (Lipinski definition) is 1. The summed E-state index contributed by atoms with van der Waals surface area (Å²) in [6.07, 6.45) is 5.24. The topological polar surface area (TPSA) is 21.3 Å². The SMILES string of the molecule is C=CCCOCCNC1CCc2ccc(C)cc21. The van der Waals surface area contributed by atoms with Crippen LogP contribution in [-0.2, 0) is 11.2 Å². The third kappa shape index (κ3) is 3.44. The van der Waals surface area contributed by atoms with Gasteiger partial charge in [0.1, 0.15) is 0 Å². The van der Waals surface area contributed by atoms with Gasteiger partial charge in [-0.15, -0.1) is 6.58 Å². The van der Waals surface area contributed by atoms with Crippen LogP contribution in [0.2, 0.25) is 0 Å². The zero-order valence-corrected chi connectivity index (χ0v) is 11.2. The van der Waals surface area contributed by atoms with Crippen molar-refractivity contribution in [3.8, 4) is 0 Å². The Morgan fingerprint density at radius 3 is 3.17 bits per heavy atom. The van der Waals surface area contributed by atoms with Crippen LogP contribution in [0, 0.1) is 6.92 Å². The maximum absolute atomic E-state index is 5.51. The monoisotopic (exact) mass is 245 g/mol. The van der Waals surface area contributed by atoms with Gasteiger partial charge in [-0.25, -0.2) is 0 Å². The standard InChI is InChI=1S/C16H23NO/c1-3-4-10-18-11-9-17-16-8-7-14-6-5-13(2)12-15(14)16/h3,5-6,12,16-17H,1,4,7-11H2,2H3. The van der Waals surface area contributed by atoms with Crippen LogP contribution < -0.4 is 5.32 Å². The van der Waals surface area contributed by atoms with E-state index in [1.165, 1.54) is 29.5 Å². The van der Waals surface area contributed by atoms with Crippen LogP contribution in [0.1, 0.15) is 35.6 Å². The van der Waals surface area contributed by atoms with Gasteiger partial charge in [0.15, 0.2) is 0 Å². The Hall–Kier alpha value is -1.12. The van der Waals surface area contributed by atoms with Crippen LogP contribution in [0.4, 0.5) is 0 Å². The average molecular weight is 245 g/mol. The maximum atomic E-state index is 5.51. The second-order valence-corrected chi connectivity index (χ2v) is 4.94. The van der Waals surface area contributed by atoms with E-state index in [0.717, 1.165) is 26.2 Å². The van der Waals surface area contributed by atoms with E-state index < -0.39 is 0 Å². The molecule has 2 nitrogen and oxygen atoms in total. The Kier molecular flexibility index (Phi) is 4.97. The fourth-order valence-corrected chi connectivity index (χ4v) is 2.51. The number of nitrogens with one attached hydrogen (secondary N) is 1. The molecule has 2 rings (SSSR count). The second kappa shape index (κ2) is 6.72. The van der Waals surface area contributed by atoms with E-state index in [1.807, 2.05) is 6.08 Å². The van der Waals surface area contributed by atoms with Crippen LogP contribution in [-0.4, -0.2) is 19.8 Å². The molecule has 0 bridgehead atoms.